The predicted molar refractivity (Wildman–Crippen MR) is 84.3 cm³/mol. The van der Waals surface area contributed by atoms with Crippen LogP contribution in [0.3, 0.4) is 0 Å². The first-order valence-electron chi connectivity index (χ1n) is 7.10. The van der Waals surface area contributed by atoms with Gasteiger partial charge in [-0.25, -0.2) is 4.98 Å². The lowest BCUT2D eigenvalue weighted by Crippen LogP contribution is -2.25. The summed E-state index contributed by atoms with van der Waals surface area (Å²) in [6.45, 7) is 5.95. The van der Waals surface area contributed by atoms with Crippen LogP contribution >= 0.6 is 11.3 Å². The highest BCUT2D eigenvalue weighted by atomic mass is 32.1. The number of hydrogen-bond donors (Lipinski definition) is 1. The van der Waals surface area contributed by atoms with Gasteiger partial charge in [-0.1, -0.05) is 19.1 Å². The van der Waals surface area contributed by atoms with Crippen molar-refractivity contribution in [3.05, 3.63) is 46.4 Å². The van der Waals surface area contributed by atoms with E-state index in [4.69, 9.17) is 4.74 Å². The molecule has 3 nitrogen and oxygen atoms in total. The Morgan fingerprint density at radius 1 is 1.30 bits per heavy atom. The van der Waals surface area contributed by atoms with E-state index in [1.54, 1.807) is 11.3 Å². The fraction of sp³-hybridized carbons (Fsp3) is 0.438. The number of thiazole rings is 1. The molecule has 0 saturated carbocycles. The second-order valence-electron chi connectivity index (χ2n) is 4.91. The Kier molecular flexibility index (Phi) is 6.02. The maximum absolute atomic E-state index is 5.70. The molecule has 0 saturated heterocycles. The van der Waals surface area contributed by atoms with Crippen molar-refractivity contribution in [3.63, 3.8) is 0 Å². The molecule has 0 amide bonds. The van der Waals surface area contributed by atoms with Gasteiger partial charge in [0.05, 0.1) is 11.2 Å². The number of ether oxygens (including phenoxy) is 1. The number of aromatic nitrogens is 1. The summed E-state index contributed by atoms with van der Waals surface area (Å²) in [5.41, 5.74) is 4.17. The first kappa shape index (κ1) is 15.0. The normalized spacial score (nSPS) is 12.3. The maximum atomic E-state index is 5.70. The molecule has 0 aliphatic carbocycles. The lowest BCUT2D eigenvalue weighted by atomic mass is 10.1. The van der Waals surface area contributed by atoms with Crippen molar-refractivity contribution in [1.29, 1.82) is 0 Å². The van der Waals surface area contributed by atoms with Gasteiger partial charge in [0.15, 0.2) is 0 Å². The summed E-state index contributed by atoms with van der Waals surface area (Å²) in [7, 11) is 0. The molecule has 0 bridgehead atoms. The van der Waals surface area contributed by atoms with Crippen LogP contribution in [0.2, 0.25) is 0 Å². The average molecular weight is 290 g/mol. The Balaban J connectivity index is 1.77. The molecule has 0 aliphatic rings. The zero-order valence-electron chi connectivity index (χ0n) is 12.1. The zero-order chi connectivity index (χ0) is 14.2. The predicted octanol–water partition coefficient (Wildman–Crippen LogP) is 3.65. The first-order valence-corrected chi connectivity index (χ1v) is 8.04. The molecule has 1 unspecified atom stereocenters. The van der Waals surface area contributed by atoms with Gasteiger partial charge in [0.25, 0.3) is 0 Å². The molecule has 2 rings (SSSR count). The smallest absolute Gasteiger partial charge is 0.131 e. The van der Waals surface area contributed by atoms with E-state index in [1.807, 2.05) is 23.0 Å². The summed E-state index contributed by atoms with van der Waals surface area (Å²) < 4.78 is 5.70. The molecular formula is C16H22N2OS. The molecule has 1 atom stereocenters. The van der Waals surface area contributed by atoms with E-state index >= 15 is 0 Å². The standard InChI is InChI=1S/C16H22N2OS/c1-3-17-13(2)4-5-14-6-8-16(9-7-14)19-10-15-11-20-12-18-15/h6-9,11-13,17H,3-5,10H2,1-2H3. The lowest BCUT2D eigenvalue weighted by molar-refractivity contribution is 0.302. The summed E-state index contributed by atoms with van der Waals surface area (Å²) in [4.78, 5) is 4.20. The average Bonchev–Trinajstić information content (AvgIpc) is 2.98. The second-order valence-corrected chi connectivity index (χ2v) is 5.63. The minimum Gasteiger partial charge on any atom is -0.487 e. The molecule has 2 aromatic rings. The first-order chi connectivity index (χ1) is 9.78. The molecule has 20 heavy (non-hydrogen) atoms. The molecule has 4 heteroatoms. The summed E-state index contributed by atoms with van der Waals surface area (Å²) in [6.07, 6.45) is 2.26. The van der Waals surface area contributed by atoms with Crippen molar-refractivity contribution in [1.82, 2.24) is 10.3 Å². The van der Waals surface area contributed by atoms with Crippen molar-refractivity contribution in [2.45, 2.75) is 39.3 Å². The van der Waals surface area contributed by atoms with Gasteiger partial charge in [0.1, 0.15) is 12.4 Å². The Hall–Kier alpha value is -1.39. The molecule has 108 valence electrons. The number of nitrogens with zero attached hydrogens (tertiary/aromatic N) is 1. The molecule has 0 radical (unpaired) electrons. The van der Waals surface area contributed by atoms with Crippen LogP contribution < -0.4 is 10.1 Å². The Morgan fingerprint density at radius 2 is 2.10 bits per heavy atom. The van der Waals surface area contributed by atoms with Gasteiger partial charge in [-0.3, -0.25) is 0 Å². The number of benzene rings is 1. The minimum absolute atomic E-state index is 0.542. The van der Waals surface area contributed by atoms with Gasteiger partial charge in [0, 0.05) is 11.4 Å². The SMILES string of the molecule is CCNC(C)CCc1ccc(OCc2cscn2)cc1. The molecule has 1 N–H and O–H groups in total. The maximum Gasteiger partial charge on any atom is 0.131 e. The Labute approximate surface area is 125 Å². The van der Waals surface area contributed by atoms with Gasteiger partial charge in [-0.05, 0) is 44.0 Å². The molecule has 0 spiro atoms. The number of nitrogens with one attached hydrogen (secondary N) is 1. The van der Waals surface area contributed by atoms with Crippen LogP contribution in [0.1, 0.15) is 31.5 Å². The Morgan fingerprint density at radius 3 is 2.75 bits per heavy atom. The highest BCUT2D eigenvalue weighted by molar-refractivity contribution is 7.07. The van der Waals surface area contributed by atoms with Crippen molar-refractivity contribution in [2.75, 3.05) is 6.54 Å². The molecule has 1 aromatic carbocycles. The van der Waals surface area contributed by atoms with Crippen molar-refractivity contribution < 1.29 is 4.74 Å². The lowest BCUT2D eigenvalue weighted by Gasteiger charge is -2.12. The van der Waals surface area contributed by atoms with Gasteiger partial charge in [-0.2, -0.15) is 0 Å². The Bertz CT molecular complexity index is 482. The van der Waals surface area contributed by atoms with E-state index in [2.05, 4.69) is 36.3 Å². The summed E-state index contributed by atoms with van der Waals surface area (Å²) in [5, 5.41) is 5.44. The molecule has 0 fully saturated rings. The van der Waals surface area contributed by atoms with Crippen LogP contribution in [-0.4, -0.2) is 17.6 Å². The van der Waals surface area contributed by atoms with E-state index < -0.39 is 0 Å². The van der Waals surface area contributed by atoms with E-state index in [-0.39, 0.29) is 0 Å². The van der Waals surface area contributed by atoms with Crippen molar-refractivity contribution >= 4 is 11.3 Å². The van der Waals surface area contributed by atoms with E-state index in [0.717, 1.165) is 30.8 Å². The third kappa shape index (κ3) is 4.94. The zero-order valence-corrected chi connectivity index (χ0v) is 13.0. The van der Waals surface area contributed by atoms with Gasteiger partial charge in [0.2, 0.25) is 0 Å². The molecular weight excluding hydrogens is 268 g/mol. The third-order valence-electron chi connectivity index (χ3n) is 3.21. The quantitative estimate of drug-likeness (QED) is 0.805. The highest BCUT2D eigenvalue weighted by Crippen LogP contribution is 2.15. The second kappa shape index (κ2) is 8.02. The number of hydrogen-bond acceptors (Lipinski definition) is 4. The van der Waals surface area contributed by atoms with Crippen LogP contribution in [0.4, 0.5) is 0 Å². The van der Waals surface area contributed by atoms with Crippen LogP contribution in [0.15, 0.2) is 35.2 Å². The monoisotopic (exact) mass is 290 g/mol. The largest absolute Gasteiger partial charge is 0.487 e. The molecule has 0 aliphatic heterocycles. The minimum atomic E-state index is 0.542. The number of aryl methyl sites for hydroxylation is 1. The summed E-state index contributed by atoms with van der Waals surface area (Å²) in [5.74, 6) is 0.904. The van der Waals surface area contributed by atoms with Gasteiger partial charge >= 0.3 is 0 Å². The number of rotatable bonds is 8. The topological polar surface area (TPSA) is 34.1 Å². The van der Waals surface area contributed by atoms with E-state index in [1.165, 1.54) is 5.56 Å². The van der Waals surface area contributed by atoms with Gasteiger partial charge in [-0.15, -0.1) is 11.3 Å². The summed E-state index contributed by atoms with van der Waals surface area (Å²) >= 11 is 1.59. The van der Waals surface area contributed by atoms with Crippen LogP contribution in [0.5, 0.6) is 5.75 Å². The molecule has 1 aromatic heterocycles. The van der Waals surface area contributed by atoms with E-state index in [9.17, 15) is 0 Å². The van der Waals surface area contributed by atoms with Crippen molar-refractivity contribution in [2.24, 2.45) is 0 Å². The summed E-state index contributed by atoms with van der Waals surface area (Å²) in [6, 6.07) is 8.95. The third-order valence-corrected chi connectivity index (χ3v) is 3.85. The molecule has 1 heterocycles. The highest BCUT2D eigenvalue weighted by Gasteiger charge is 2.02. The van der Waals surface area contributed by atoms with E-state index in [0.29, 0.717) is 12.6 Å². The van der Waals surface area contributed by atoms with Crippen LogP contribution in [0, 0.1) is 0 Å². The van der Waals surface area contributed by atoms with Crippen LogP contribution in [-0.2, 0) is 13.0 Å². The fourth-order valence-corrected chi connectivity index (χ4v) is 2.60. The van der Waals surface area contributed by atoms with Gasteiger partial charge < -0.3 is 10.1 Å². The fourth-order valence-electron chi connectivity index (χ4n) is 2.05. The van der Waals surface area contributed by atoms with Crippen molar-refractivity contribution in [3.8, 4) is 5.75 Å². The van der Waals surface area contributed by atoms with Crippen LogP contribution in [0.25, 0.3) is 0 Å².